The molecule has 0 radical (unpaired) electrons. The highest BCUT2D eigenvalue weighted by Crippen LogP contribution is 2.22. The van der Waals surface area contributed by atoms with Crippen molar-refractivity contribution in [3.8, 4) is 0 Å². The Balaban J connectivity index is 2.83. The highest BCUT2D eigenvalue weighted by Gasteiger charge is 2.12. The minimum absolute atomic E-state index is 0.0358. The molecule has 0 unspecified atom stereocenters. The number of nitrogens with zero attached hydrogens (tertiary/aromatic N) is 1. The zero-order chi connectivity index (χ0) is 13.7. The zero-order valence-electron chi connectivity index (χ0n) is 11.7. The van der Waals surface area contributed by atoms with Crippen LogP contribution in [0.25, 0.3) is 0 Å². The van der Waals surface area contributed by atoms with Gasteiger partial charge >= 0.3 is 0 Å². The Morgan fingerprint density at radius 2 is 2.11 bits per heavy atom. The van der Waals surface area contributed by atoms with Crippen molar-refractivity contribution in [2.45, 2.75) is 33.7 Å². The molecule has 4 heteroatoms. The summed E-state index contributed by atoms with van der Waals surface area (Å²) in [6.07, 6.45) is 0. The number of nitrogens with two attached hydrogens (primary N) is 1. The van der Waals surface area contributed by atoms with Gasteiger partial charge in [0.25, 0.3) is 0 Å². The van der Waals surface area contributed by atoms with E-state index in [-0.39, 0.29) is 11.9 Å². The molecule has 100 valence electrons. The lowest BCUT2D eigenvalue weighted by molar-refractivity contribution is -0.120. The van der Waals surface area contributed by atoms with Crippen molar-refractivity contribution in [2.75, 3.05) is 23.7 Å². The van der Waals surface area contributed by atoms with Crippen LogP contribution in [0.2, 0.25) is 0 Å². The summed E-state index contributed by atoms with van der Waals surface area (Å²) >= 11 is 0. The summed E-state index contributed by atoms with van der Waals surface area (Å²) in [7, 11) is 0. The molecule has 3 N–H and O–H groups in total. The quantitative estimate of drug-likeness (QED) is 0.784. The third-order valence-corrected chi connectivity index (χ3v) is 2.74. The topological polar surface area (TPSA) is 58.4 Å². The van der Waals surface area contributed by atoms with Crippen LogP contribution < -0.4 is 16.0 Å². The highest BCUT2D eigenvalue weighted by molar-refractivity contribution is 5.82. The molecular weight excluding hydrogens is 226 g/mol. The molecule has 4 nitrogen and oxygen atoms in total. The highest BCUT2D eigenvalue weighted by atomic mass is 16.2. The van der Waals surface area contributed by atoms with E-state index in [1.807, 2.05) is 50.8 Å². The molecule has 0 atom stereocenters. The largest absolute Gasteiger partial charge is 0.399 e. The van der Waals surface area contributed by atoms with Gasteiger partial charge in [0.1, 0.15) is 0 Å². The first kappa shape index (κ1) is 14.4. The number of nitrogens with one attached hydrogen (secondary N) is 1. The smallest absolute Gasteiger partial charge is 0.239 e. The minimum atomic E-state index is 0.0358. The predicted molar refractivity (Wildman–Crippen MR) is 76.8 cm³/mol. The number of nitrogen functional groups attached to an aromatic ring is 1. The van der Waals surface area contributed by atoms with E-state index in [4.69, 9.17) is 5.73 Å². The van der Waals surface area contributed by atoms with E-state index in [9.17, 15) is 4.79 Å². The van der Waals surface area contributed by atoms with Gasteiger partial charge < -0.3 is 16.0 Å². The molecule has 0 spiro atoms. The number of carbonyl (C=O) groups is 1. The van der Waals surface area contributed by atoms with Gasteiger partial charge in [-0.05, 0) is 45.4 Å². The summed E-state index contributed by atoms with van der Waals surface area (Å²) in [5.74, 6) is 0.0358. The molecule has 18 heavy (non-hydrogen) atoms. The van der Waals surface area contributed by atoms with Crippen molar-refractivity contribution >= 4 is 17.3 Å². The molecular formula is C14H23N3O. The number of carbonyl (C=O) groups excluding carboxylic acids is 1. The Kier molecular flexibility index (Phi) is 5.01. The number of anilines is 2. The maximum absolute atomic E-state index is 11.8. The molecule has 0 aliphatic rings. The second-order valence-electron chi connectivity index (χ2n) is 4.78. The average molecular weight is 249 g/mol. The van der Waals surface area contributed by atoms with Gasteiger partial charge in [0.2, 0.25) is 5.91 Å². The first-order valence-corrected chi connectivity index (χ1v) is 6.34. The van der Waals surface area contributed by atoms with Crippen LogP contribution in [0.15, 0.2) is 18.2 Å². The Hall–Kier alpha value is -1.71. The normalized spacial score (nSPS) is 10.5. The van der Waals surface area contributed by atoms with E-state index in [1.165, 1.54) is 0 Å². The summed E-state index contributed by atoms with van der Waals surface area (Å²) in [5.41, 5.74) is 8.68. The van der Waals surface area contributed by atoms with Crippen molar-refractivity contribution < 1.29 is 4.79 Å². The van der Waals surface area contributed by atoms with Crippen molar-refractivity contribution in [3.63, 3.8) is 0 Å². The summed E-state index contributed by atoms with van der Waals surface area (Å²) in [6, 6.07) is 5.94. The molecule has 1 rings (SSSR count). The first-order valence-electron chi connectivity index (χ1n) is 6.34. The van der Waals surface area contributed by atoms with E-state index in [0.29, 0.717) is 6.54 Å². The minimum Gasteiger partial charge on any atom is -0.399 e. The Morgan fingerprint density at radius 1 is 1.44 bits per heavy atom. The summed E-state index contributed by atoms with van der Waals surface area (Å²) in [6.45, 7) is 9.11. The summed E-state index contributed by atoms with van der Waals surface area (Å²) in [5, 5.41) is 2.90. The van der Waals surface area contributed by atoms with Crippen molar-refractivity contribution in [3.05, 3.63) is 23.8 Å². The maximum Gasteiger partial charge on any atom is 0.239 e. The van der Waals surface area contributed by atoms with Crippen molar-refractivity contribution in [1.29, 1.82) is 0 Å². The van der Waals surface area contributed by atoms with Crippen LogP contribution in [0.4, 0.5) is 11.4 Å². The molecule has 0 fully saturated rings. The maximum atomic E-state index is 11.8. The van der Waals surface area contributed by atoms with Gasteiger partial charge in [0, 0.05) is 24.0 Å². The van der Waals surface area contributed by atoms with Gasteiger partial charge in [-0.2, -0.15) is 0 Å². The predicted octanol–water partition coefficient (Wildman–Crippen LogP) is 1.93. The number of hydrogen-bond acceptors (Lipinski definition) is 3. The lowest BCUT2D eigenvalue weighted by Gasteiger charge is -2.25. The van der Waals surface area contributed by atoms with Crippen LogP contribution in [0.1, 0.15) is 26.3 Å². The van der Waals surface area contributed by atoms with Gasteiger partial charge in [0.05, 0.1) is 6.54 Å². The monoisotopic (exact) mass is 249 g/mol. The molecule has 0 bridgehead atoms. The third-order valence-electron chi connectivity index (χ3n) is 2.74. The molecule has 1 aromatic rings. The standard InChI is InChI=1S/C14H23N3O/c1-5-17(9-14(18)16-10(2)3)13-8-12(15)7-6-11(13)4/h6-8,10H,5,9,15H2,1-4H3,(H,16,18). The Morgan fingerprint density at radius 3 is 2.67 bits per heavy atom. The van der Waals surface area contributed by atoms with E-state index >= 15 is 0 Å². The molecule has 0 aromatic heterocycles. The second-order valence-corrected chi connectivity index (χ2v) is 4.78. The van der Waals surface area contributed by atoms with Gasteiger partial charge in [0.15, 0.2) is 0 Å². The fraction of sp³-hybridized carbons (Fsp3) is 0.500. The van der Waals surface area contributed by atoms with Crippen LogP contribution in [0.5, 0.6) is 0 Å². The molecule has 0 saturated heterocycles. The molecule has 1 aromatic carbocycles. The number of rotatable bonds is 5. The first-order chi connectivity index (χ1) is 8.43. The van der Waals surface area contributed by atoms with Crippen LogP contribution >= 0.6 is 0 Å². The van der Waals surface area contributed by atoms with Crippen LogP contribution in [-0.4, -0.2) is 25.0 Å². The summed E-state index contributed by atoms with van der Waals surface area (Å²) < 4.78 is 0. The number of hydrogen-bond donors (Lipinski definition) is 2. The van der Waals surface area contributed by atoms with Crippen LogP contribution in [-0.2, 0) is 4.79 Å². The van der Waals surface area contributed by atoms with Gasteiger partial charge in [-0.1, -0.05) is 6.07 Å². The summed E-state index contributed by atoms with van der Waals surface area (Å²) in [4.78, 5) is 13.8. The third kappa shape index (κ3) is 3.95. The second kappa shape index (κ2) is 6.28. The molecule has 0 aliphatic carbocycles. The average Bonchev–Trinajstić information content (AvgIpc) is 2.28. The number of likely N-dealkylation sites (N-methyl/N-ethyl adjacent to an activating group) is 1. The Labute approximate surface area is 109 Å². The van der Waals surface area contributed by atoms with Crippen LogP contribution in [0, 0.1) is 6.92 Å². The van der Waals surface area contributed by atoms with Crippen molar-refractivity contribution in [1.82, 2.24) is 5.32 Å². The van der Waals surface area contributed by atoms with E-state index in [0.717, 1.165) is 23.5 Å². The molecule has 1 amide bonds. The van der Waals surface area contributed by atoms with Gasteiger partial charge in [-0.25, -0.2) is 0 Å². The lowest BCUT2D eigenvalue weighted by atomic mass is 10.1. The molecule has 0 heterocycles. The number of amides is 1. The number of benzene rings is 1. The van der Waals surface area contributed by atoms with Gasteiger partial charge in [-0.3, -0.25) is 4.79 Å². The molecule has 0 saturated carbocycles. The SMILES string of the molecule is CCN(CC(=O)NC(C)C)c1cc(N)ccc1C. The van der Waals surface area contributed by atoms with E-state index in [2.05, 4.69) is 5.32 Å². The fourth-order valence-corrected chi connectivity index (χ4v) is 1.88. The lowest BCUT2D eigenvalue weighted by Crippen LogP contribution is -2.40. The van der Waals surface area contributed by atoms with E-state index in [1.54, 1.807) is 0 Å². The van der Waals surface area contributed by atoms with Gasteiger partial charge in [-0.15, -0.1) is 0 Å². The Bertz CT molecular complexity index is 416. The van der Waals surface area contributed by atoms with Crippen molar-refractivity contribution in [2.24, 2.45) is 0 Å². The van der Waals surface area contributed by atoms with E-state index < -0.39 is 0 Å². The fourth-order valence-electron chi connectivity index (χ4n) is 1.88. The van der Waals surface area contributed by atoms with Crippen LogP contribution in [0.3, 0.4) is 0 Å². The molecule has 0 aliphatic heterocycles. The zero-order valence-corrected chi connectivity index (χ0v) is 11.7. The number of aryl methyl sites for hydroxylation is 1.